The van der Waals surface area contributed by atoms with E-state index in [-0.39, 0.29) is 11.6 Å². The summed E-state index contributed by atoms with van der Waals surface area (Å²) in [5.74, 6) is 0. The molecule has 2 N–H and O–H groups in total. The maximum atomic E-state index is 6.49. The highest BCUT2D eigenvalue weighted by Gasteiger charge is 2.38. The summed E-state index contributed by atoms with van der Waals surface area (Å²) in [5.41, 5.74) is 6.50. The Morgan fingerprint density at radius 3 is 2.21 bits per heavy atom. The third-order valence-corrected chi connectivity index (χ3v) is 4.68. The van der Waals surface area contributed by atoms with Gasteiger partial charge in [-0.15, -0.1) is 0 Å². The highest BCUT2D eigenvalue weighted by Crippen LogP contribution is 2.35. The van der Waals surface area contributed by atoms with Gasteiger partial charge in [0.05, 0.1) is 5.60 Å². The number of ether oxygens (including phenoxy) is 1. The minimum absolute atomic E-state index is 0.0103. The van der Waals surface area contributed by atoms with Gasteiger partial charge in [0, 0.05) is 12.6 Å². The standard InChI is InChI=1S/C17H35NO/c1-3-5-6-7-8-10-13-16(18)17(19-4-2)14-11-9-12-15-17/h16H,3-15,18H2,1-2H3. The second kappa shape index (κ2) is 9.77. The molecule has 1 unspecified atom stereocenters. The second-order valence-electron chi connectivity index (χ2n) is 6.22. The van der Waals surface area contributed by atoms with Crippen LogP contribution >= 0.6 is 0 Å². The van der Waals surface area contributed by atoms with Crippen LogP contribution in [-0.2, 0) is 4.74 Å². The van der Waals surface area contributed by atoms with Crippen LogP contribution in [0.4, 0.5) is 0 Å². The minimum Gasteiger partial charge on any atom is -0.374 e. The predicted octanol–water partition coefficient (Wildman–Crippen LogP) is 4.80. The van der Waals surface area contributed by atoms with Crippen LogP contribution in [0.5, 0.6) is 0 Å². The molecule has 114 valence electrons. The number of hydrogen-bond donors (Lipinski definition) is 1. The Labute approximate surface area is 120 Å². The lowest BCUT2D eigenvalue weighted by Crippen LogP contribution is -2.51. The molecule has 1 aliphatic rings. The van der Waals surface area contributed by atoms with E-state index in [9.17, 15) is 0 Å². The zero-order chi connectivity index (χ0) is 14.0. The average molecular weight is 269 g/mol. The zero-order valence-electron chi connectivity index (χ0n) is 13.3. The van der Waals surface area contributed by atoms with E-state index in [0.29, 0.717) is 0 Å². The fraction of sp³-hybridized carbons (Fsp3) is 1.00. The van der Waals surface area contributed by atoms with E-state index in [1.165, 1.54) is 70.6 Å². The Bertz CT molecular complexity index is 206. The highest BCUT2D eigenvalue weighted by atomic mass is 16.5. The molecular formula is C17H35NO. The Kier molecular flexibility index (Phi) is 8.72. The van der Waals surface area contributed by atoms with E-state index >= 15 is 0 Å². The molecule has 0 aromatic heterocycles. The first kappa shape index (κ1) is 17.0. The van der Waals surface area contributed by atoms with E-state index in [2.05, 4.69) is 13.8 Å². The molecule has 0 saturated heterocycles. The maximum Gasteiger partial charge on any atom is 0.0832 e. The molecule has 0 aromatic carbocycles. The van der Waals surface area contributed by atoms with Crippen molar-refractivity contribution in [3.63, 3.8) is 0 Å². The molecule has 0 bridgehead atoms. The number of rotatable bonds is 10. The number of unbranched alkanes of at least 4 members (excludes halogenated alkanes) is 5. The summed E-state index contributed by atoms with van der Waals surface area (Å²) >= 11 is 0. The first-order chi connectivity index (χ1) is 9.25. The topological polar surface area (TPSA) is 35.2 Å². The second-order valence-corrected chi connectivity index (χ2v) is 6.22. The first-order valence-electron chi connectivity index (χ1n) is 8.64. The third kappa shape index (κ3) is 5.83. The molecule has 0 amide bonds. The normalized spacial score (nSPS) is 20.4. The molecule has 0 heterocycles. The molecule has 1 aliphatic carbocycles. The molecule has 2 nitrogen and oxygen atoms in total. The van der Waals surface area contributed by atoms with Gasteiger partial charge in [-0.2, -0.15) is 0 Å². The van der Waals surface area contributed by atoms with Crippen LogP contribution in [0, 0.1) is 0 Å². The maximum absolute atomic E-state index is 6.49. The SMILES string of the molecule is CCCCCCCCC(N)C1(OCC)CCCCC1. The Hall–Kier alpha value is -0.0800. The van der Waals surface area contributed by atoms with Gasteiger partial charge in [0.2, 0.25) is 0 Å². The molecule has 2 heteroatoms. The Morgan fingerprint density at radius 1 is 0.947 bits per heavy atom. The summed E-state index contributed by atoms with van der Waals surface area (Å²) < 4.78 is 6.10. The first-order valence-corrected chi connectivity index (χ1v) is 8.64. The van der Waals surface area contributed by atoms with E-state index in [1.54, 1.807) is 0 Å². The van der Waals surface area contributed by atoms with Crippen molar-refractivity contribution in [3.8, 4) is 0 Å². The van der Waals surface area contributed by atoms with Gasteiger partial charge in [0.15, 0.2) is 0 Å². The van der Waals surface area contributed by atoms with Crippen molar-refractivity contribution in [1.82, 2.24) is 0 Å². The van der Waals surface area contributed by atoms with Crippen molar-refractivity contribution in [2.24, 2.45) is 5.73 Å². The molecule has 0 spiro atoms. The average Bonchev–Trinajstić information content (AvgIpc) is 2.44. The van der Waals surface area contributed by atoms with Gasteiger partial charge in [-0.05, 0) is 26.2 Å². The van der Waals surface area contributed by atoms with Gasteiger partial charge in [-0.25, -0.2) is 0 Å². The predicted molar refractivity (Wildman–Crippen MR) is 83.4 cm³/mol. The van der Waals surface area contributed by atoms with Crippen LogP contribution in [0.1, 0.15) is 90.9 Å². The quantitative estimate of drug-likeness (QED) is 0.578. The zero-order valence-corrected chi connectivity index (χ0v) is 13.3. The molecule has 1 saturated carbocycles. The van der Waals surface area contributed by atoms with Gasteiger partial charge < -0.3 is 10.5 Å². The summed E-state index contributed by atoms with van der Waals surface area (Å²) in [6, 6.07) is 0.249. The minimum atomic E-state index is 0.0103. The lowest BCUT2D eigenvalue weighted by molar-refractivity contribution is -0.0837. The summed E-state index contributed by atoms with van der Waals surface area (Å²) in [6.45, 7) is 5.18. The summed E-state index contributed by atoms with van der Waals surface area (Å²) in [7, 11) is 0. The van der Waals surface area contributed by atoms with Gasteiger partial charge in [-0.1, -0.05) is 64.7 Å². The molecule has 1 atom stereocenters. The smallest absolute Gasteiger partial charge is 0.0832 e. The van der Waals surface area contributed by atoms with Crippen molar-refractivity contribution >= 4 is 0 Å². The number of hydrogen-bond acceptors (Lipinski definition) is 2. The lowest BCUT2D eigenvalue weighted by atomic mass is 9.77. The van der Waals surface area contributed by atoms with Crippen molar-refractivity contribution in [2.75, 3.05) is 6.61 Å². The fourth-order valence-corrected chi connectivity index (χ4v) is 3.47. The van der Waals surface area contributed by atoms with E-state index in [0.717, 1.165) is 13.0 Å². The monoisotopic (exact) mass is 269 g/mol. The number of nitrogens with two attached hydrogens (primary N) is 1. The Morgan fingerprint density at radius 2 is 1.58 bits per heavy atom. The summed E-state index contributed by atoms with van der Waals surface area (Å²) in [6.07, 6.45) is 15.6. The van der Waals surface area contributed by atoms with Crippen LogP contribution in [0.15, 0.2) is 0 Å². The van der Waals surface area contributed by atoms with Gasteiger partial charge in [0.1, 0.15) is 0 Å². The third-order valence-electron chi connectivity index (χ3n) is 4.68. The van der Waals surface area contributed by atoms with Crippen LogP contribution < -0.4 is 5.73 Å². The van der Waals surface area contributed by atoms with Gasteiger partial charge in [-0.3, -0.25) is 0 Å². The largest absolute Gasteiger partial charge is 0.374 e. The van der Waals surface area contributed by atoms with E-state index in [1.807, 2.05) is 0 Å². The van der Waals surface area contributed by atoms with Gasteiger partial charge >= 0.3 is 0 Å². The lowest BCUT2D eigenvalue weighted by Gasteiger charge is -2.41. The van der Waals surface area contributed by atoms with Crippen molar-refractivity contribution in [3.05, 3.63) is 0 Å². The highest BCUT2D eigenvalue weighted by molar-refractivity contribution is 4.93. The van der Waals surface area contributed by atoms with Crippen molar-refractivity contribution in [2.45, 2.75) is 103 Å². The van der Waals surface area contributed by atoms with E-state index in [4.69, 9.17) is 10.5 Å². The van der Waals surface area contributed by atoms with E-state index < -0.39 is 0 Å². The van der Waals surface area contributed by atoms with Gasteiger partial charge in [0.25, 0.3) is 0 Å². The van der Waals surface area contributed by atoms with Crippen LogP contribution in [0.2, 0.25) is 0 Å². The van der Waals surface area contributed by atoms with Crippen molar-refractivity contribution in [1.29, 1.82) is 0 Å². The van der Waals surface area contributed by atoms with Crippen LogP contribution in [0.3, 0.4) is 0 Å². The molecule has 0 radical (unpaired) electrons. The summed E-state index contributed by atoms with van der Waals surface area (Å²) in [4.78, 5) is 0. The molecule has 1 fully saturated rings. The Balaban J connectivity index is 2.25. The molecular weight excluding hydrogens is 234 g/mol. The van der Waals surface area contributed by atoms with Crippen molar-refractivity contribution < 1.29 is 4.74 Å². The summed E-state index contributed by atoms with van der Waals surface area (Å²) in [5, 5.41) is 0. The van der Waals surface area contributed by atoms with Crippen LogP contribution in [-0.4, -0.2) is 18.2 Å². The molecule has 0 aromatic rings. The fourth-order valence-electron chi connectivity index (χ4n) is 3.47. The molecule has 1 rings (SSSR count). The van der Waals surface area contributed by atoms with Crippen LogP contribution in [0.25, 0.3) is 0 Å². The molecule has 19 heavy (non-hydrogen) atoms. The molecule has 0 aliphatic heterocycles.